The summed E-state index contributed by atoms with van der Waals surface area (Å²) in [5.41, 5.74) is 1.03. The van der Waals surface area contributed by atoms with E-state index in [1.165, 1.54) is 30.7 Å². The van der Waals surface area contributed by atoms with Crippen molar-refractivity contribution in [1.29, 1.82) is 0 Å². The van der Waals surface area contributed by atoms with Gasteiger partial charge in [-0.3, -0.25) is 4.79 Å². The number of benzene rings is 2. The molecule has 1 aromatic heterocycles. The molecule has 0 atom stereocenters. The number of carbonyl (C=O) groups excluding carboxylic acids is 1. The van der Waals surface area contributed by atoms with Crippen molar-refractivity contribution in [3.05, 3.63) is 66.6 Å². The zero-order valence-electron chi connectivity index (χ0n) is 12.3. The predicted octanol–water partition coefficient (Wildman–Crippen LogP) is 4.22. The van der Waals surface area contributed by atoms with E-state index in [0.29, 0.717) is 0 Å². The first kappa shape index (κ1) is 18.0. The molecule has 22 heavy (non-hydrogen) atoms. The van der Waals surface area contributed by atoms with Crippen LogP contribution in [-0.4, -0.2) is 15.9 Å². The Morgan fingerprint density at radius 1 is 1.14 bits per heavy atom. The van der Waals surface area contributed by atoms with Crippen molar-refractivity contribution in [3.63, 3.8) is 0 Å². The number of nitrogens with zero attached hydrogens (tertiary/aromatic N) is 1. The molecule has 3 aromatic rings. The van der Waals surface area contributed by atoms with Gasteiger partial charge in [-0.15, -0.1) is 35.0 Å². The van der Waals surface area contributed by atoms with Crippen LogP contribution in [0.15, 0.2) is 60.5 Å². The summed E-state index contributed by atoms with van der Waals surface area (Å²) in [6.07, 6.45) is 2.99. The van der Waals surface area contributed by atoms with Crippen molar-refractivity contribution in [2.24, 2.45) is 0 Å². The molecule has 0 aliphatic heterocycles. The Hall–Kier alpha value is -2.03. The maximum atomic E-state index is 10.0. The van der Waals surface area contributed by atoms with Crippen molar-refractivity contribution in [1.82, 2.24) is 4.98 Å². The minimum Gasteiger partial charge on any atom is -0.512 e. The van der Waals surface area contributed by atoms with Crippen LogP contribution >= 0.6 is 0 Å². The third kappa shape index (κ3) is 4.76. The number of pyridine rings is 1. The molecule has 0 saturated heterocycles. The number of rotatable bonds is 1. The van der Waals surface area contributed by atoms with Crippen LogP contribution in [0.2, 0.25) is 0 Å². The molecule has 3 rings (SSSR count). The van der Waals surface area contributed by atoms with Gasteiger partial charge < -0.3 is 10.1 Å². The van der Waals surface area contributed by atoms with Crippen LogP contribution in [0, 0.1) is 6.07 Å². The Kier molecular flexibility index (Phi) is 6.90. The minimum atomic E-state index is -0.125. The van der Waals surface area contributed by atoms with E-state index >= 15 is 0 Å². The molecule has 0 spiro atoms. The van der Waals surface area contributed by atoms with Crippen LogP contribution < -0.4 is 0 Å². The Morgan fingerprint density at radius 2 is 1.82 bits per heavy atom. The molecule has 0 aliphatic carbocycles. The summed E-state index contributed by atoms with van der Waals surface area (Å²) in [6.45, 7) is 2.85. The normalized spacial score (nSPS) is 10.5. The van der Waals surface area contributed by atoms with Gasteiger partial charge in [-0.25, -0.2) is 0 Å². The quantitative estimate of drug-likeness (QED) is 0.251. The van der Waals surface area contributed by atoms with Gasteiger partial charge in [0.2, 0.25) is 0 Å². The van der Waals surface area contributed by atoms with Gasteiger partial charge in [0.25, 0.3) is 0 Å². The van der Waals surface area contributed by atoms with Gasteiger partial charge in [-0.05, 0) is 30.8 Å². The second kappa shape index (κ2) is 8.42. The summed E-state index contributed by atoms with van der Waals surface area (Å²) in [7, 11) is 0. The van der Waals surface area contributed by atoms with E-state index in [4.69, 9.17) is 5.11 Å². The number of fused-ring (bicyclic) bond motifs is 3. The van der Waals surface area contributed by atoms with Crippen LogP contribution in [0.25, 0.3) is 21.7 Å². The van der Waals surface area contributed by atoms with E-state index < -0.39 is 0 Å². The summed E-state index contributed by atoms with van der Waals surface area (Å²) >= 11 is 0. The number of ketones is 1. The molecule has 1 N–H and O–H groups in total. The predicted molar refractivity (Wildman–Crippen MR) is 85.2 cm³/mol. The van der Waals surface area contributed by atoms with E-state index in [9.17, 15) is 4.79 Å². The van der Waals surface area contributed by atoms with E-state index in [-0.39, 0.29) is 31.6 Å². The van der Waals surface area contributed by atoms with Gasteiger partial charge in [0.05, 0.1) is 5.76 Å². The number of aliphatic hydroxyl groups is 1. The van der Waals surface area contributed by atoms with Crippen molar-refractivity contribution >= 4 is 27.5 Å². The van der Waals surface area contributed by atoms with Gasteiger partial charge in [0.1, 0.15) is 0 Å². The molecule has 0 aliphatic rings. The fraction of sp³-hybridized carbons (Fsp3) is 0.111. The molecule has 0 amide bonds. The number of hydrogen-bond donors (Lipinski definition) is 1. The van der Waals surface area contributed by atoms with Crippen molar-refractivity contribution in [2.45, 2.75) is 13.8 Å². The molecule has 0 unspecified atom stereocenters. The second-order valence-corrected chi connectivity index (χ2v) is 4.67. The van der Waals surface area contributed by atoms with Gasteiger partial charge in [0.15, 0.2) is 5.78 Å². The zero-order valence-corrected chi connectivity index (χ0v) is 14.7. The van der Waals surface area contributed by atoms with Gasteiger partial charge in [0, 0.05) is 32.4 Å². The van der Waals surface area contributed by atoms with Crippen LogP contribution in [-0.2, 0) is 24.9 Å². The molecule has 4 heteroatoms. The largest absolute Gasteiger partial charge is 0.512 e. The van der Waals surface area contributed by atoms with Crippen LogP contribution in [0.3, 0.4) is 0 Å². The van der Waals surface area contributed by atoms with Crippen molar-refractivity contribution in [3.8, 4) is 0 Å². The molecule has 1 radical (unpaired) electrons. The summed E-state index contributed by atoms with van der Waals surface area (Å²) < 4.78 is 0. The Bertz CT molecular complexity index is 753. The Labute approximate surface area is 143 Å². The second-order valence-electron chi connectivity index (χ2n) is 4.67. The first-order valence-corrected chi connectivity index (χ1v) is 6.60. The molecule has 2 aromatic carbocycles. The summed E-state index contributed by atoms with van der Waals surface area (Å²) in [4.78, 5) is 14.4. The first-order chi connectivity index (χ1) is 10.1. The van der Waals surface area contributed by atoms with Gasteiger partial charge in [-0.2, -0.15) is 0 Å². The third-order valence-corrected chi connectivity index (χ3v) is 2.82. The SMILES string of the molecule is CC(=O)/C=C(/C)O.[Ir].[c-]1cccc2ccc3cccnc3c12. The zero-order chi connectivity index (χ0) is 15.2. The first-order valence-electron chi connectivity index (χ1n) is 6.60. The van der Waals surface area contributed by atoms with Gasteiger partial charge in [-0.1, -0.05) is 18.2 Å². The monoisotopic (exact) mass is 471 g/mol. The Balaban J connectivity index is 0.000000264. The molecule has 3 nitrogen and oxygen atoms in total. The van der Waals surface area contributed by atoms with Crippen LogP contribution in [0.1, 0.15) is 13.8 Å². The van der Waals surface area contributed by atoms with E-state index in [0.717, 1.165) is 10.9 Å². The molecule has 0 fully saturated rings. The average Bonchev–Trinajstić information content (AvgIpc) is 2.46. The molecule has 0 bridgehead atoms. The molecular formula is C18H16IrNO2-. The summed E-state index contributed by atoms with van der Waals surface area (Å²) in [5.74, 6) is -0.0625. The van der Waals surface area contributed by atoms with Gasteiger partial charge >= 0.3 is 0 Å². The topological polar surface area (TPSA) is 50.2 Å². The van der Waals surface area contributed by atoms with Crippen LogP contribution in [0.4, 0.5) is 0 Å². The fourth-order valence-electron chi connectivity index (χ4n) is 2.03. The van der Waals surface area contributed by atoms with Crippen molar-refractivity contribution < 1.29 is 30.0 Å². The molecule has 0 saturated carbocycles. The minimum absolute atomic E-state index is 0. The number of carbonyl (C=O) groups is 1. The maximum Gasteiger partial charge on any atom is 0.155 e. The smallest absolute Gasteiger partial charge is 0.155 e. The van der Waals surface area contributed by atoms with Crippen molar-refractivity contribution in [2.75, 3.05) is 0 Å². The molecule has 115 valence electrons. The molecule has 1 heterocycles. The average molecular weight is 471 g/mol. The van der Waals surface area contributed by atoms with E-state index in [1.807, 2.05) is 24.4 Å². The van der Waals surface area contributed by atoms with E-state index in [1.54, 1.807) is 0 Å². The maximum absolute atomic E-state index is 10.0. The number of aromatic nitrogens is 1. The molecular weight excluding hydrogens is 454 g/mol. The third-order valence-electron chi connectivity index (χ3n) is 2.82. The van der Waals surface area contributed by atoms with E-state index in [2.05, 4.69) is 35.3 Å². The number of aliphatic hydroxyl groups excluding tert-OH is 1. The standard InChI is InChI=1S/C13H8N.C5H8O2.Ir/c1-2-6-12-10(4-1)7-8-11-5-3-9-14-13(11)12;1-4(6)3-5(2)7;/h1-5,7-9H;3,6H,1-2H3;/q-1;;/b;4-3-;. The summed E-state index contributed by atoms with van der Waals surface area (Å²) in [5, 5.41) is 11.8. The Morgan fingerprint density at radius 3 is 2.45 bits per heavy atom. The number of allylic oxidation sites excluding steroid dienone is 2. The summed E-state index contributed by atoms with van der Waals surface area (Å²) in [6, 6.07) is 17.5. The van der Waals surface area contributed by atoms with Crippen LogP contribution in [0.5, 0.6) is 0 Å². The fourth-order valence-corrected chi connectivity index (χ4v) is 2.03. The number of hydrogen-bond acceptors (Lipinski definition) is 3.